The molecule has 12 heteroatoms. The number of hydrogen-bond donors (Lipinski definition) is 7. The summed E-state index contributed by atoms with van der Waals surface area (Å²) in [5.41, 5.74) is -1.57. The number of esters is 1. The lowest BCUT2D eigenvalue weighted by Gasteiger charge is -2.44. The fourth-order valence-electron chi connectivity index (χ4n) is 4.28. The minimum atomic E-state index is -1.90. The van der Waals surface area contributed by atoms with Crippen molar-refractivity contribution in [2.75, 3.05) is 13.2 Å². The van der Waals surface area contributed by atoms with Crippen LogP contribution in [0.4, 0.5) is 0 Å². The highest BCUT2D eigenvalue weighted by Gasteiger charge is 2.57. The van der Waals surface area contributed by atoms with Gasteiger partial charge in [-0.05, 0) is 42.0 Å². The lowest BCUT2D eigenvalue weighted by atomic mass is 9.83. The maximum absolute atomic E-state index is 12.6. The number of ether oxygens (including phenoxy) is 4. The van der Waals surface area contributed by atoms with Crippen molar-refractivity contribution in [2.45, 2.75) is 48.7 Å². The van der Waals surface area contributed by atoms with E-state index < -0.39 is 73.8 Å². The number of aliphatic hydroxyl groups is 6. The van der Waals surface area contributed by atoms with E-state index in [4.69, 9.17) is 18.9 Å². The van der Waals surface area contributed by atoms with Gasteiger partial charge in [-0.25, -0.2) is 4.79 Å². The molecular weight excluding hydrogens is 456 g/mol. The first-order valence-electron chi connectivity index (χ1n) is 10.5. The van der Waals surface area contributed by atoms with Gasteiger partial charge < -0.3 is 54.7 Å². The number of aliphatic hydroxyl groups excluding tert-OH is 5. The summed E-state index contributed by atoms with van der Waals surface area (Å²) in [5, 5.41) is 70.3. The minimum absolute atomic E-state index is 0.0425. The molecule has 0 unspecified atom stereocenters. The number of phenolic OH excluding ortho intramolecular Hbond substituents is 1. The monoisotopic (exact) mass is 482 g/mol. The van der Waals surface area contributed by atoms with Gasteiger partial charge in [0, 0.05) is 0 Å². The van der Waals surface area contributed by atoms with Gasteiger partial charge in [0.25, 0.3) is 0 Å². The zero-order chi connectivity index (χ0) is 24.6. The molecule has 2 heterocycles. The number of carbonyl (C=O) groups is 1. The highest BCUT2D eigenvalue weighted by atomic mass is 16.8. The molecular formula is C22H26O12. The van der Waals surface area contributed by atoms with Gasteiger partial charge in [-0.1, -0.05) is 0 Å². The van der Waals surface area contributed by atoms with E-state index >= 15 is 0 Å². The topological polar surface area (TPSA) is 196 Å². The third-order valence-corrected chi connectivity index (χ3v) is 6.18. The lowest BCUT2D eigenvalue weighted by molar-refractivity contribution is -0.344. The number of hydrogen-bond acceptors (Lipinski definition) is 12. The van der Waals surface area contributed by atoms with E-state index in [-0.39, 0.29) is 16.9 Å². The van der Waals surface area contributed by atoms with Crippen LogP contribution in [0.3, 0.4) is 0 Å². The molecule has 7 N–H and O–H groups in total. The maximum atomic E-state index is 12.6. The van der Waals surface area contributed by atoms with Gasteiger partial charge in [-0.3, -0.25) is 0 Å². The van der Waals surface area contributed by atoms with E-state index in [1.54, 1.807) is 0 Å². The summed E-state index contributed by atoms with van der Waals surface area (Å²) in [4.78, 5) is 12.6. The molecule has 0 spiro atoms. The van der Waals surface area contributed by atoms with Crippen molar-refractivity contribution in [3.63, 3.8) is 0 Å². The fraction of sp³-hybridized carbons (Fsp3) is 0.500. The largest absolute Gasteiger partial charge is 0.508 e. The summed E-state index contributed by atoms with van der Waals surface area (Å²) in [5.74, 6) is -1.94. The van der Waals surface area contributed by atoms with Crippen LogP contribution < -0.4 is 0 Å². The molecule has 4 rings (SSSR count). The summed E-state index contributed by atoms with van der Waals surface area (Å²) in [6.45, 7) is -1.22. The fourth-order valence-corrected chi connectivity index (χ4v) is 4.28. The first-order valence-corrected chi connectivity index (χ1v) is 10.5. The Bertz CT molecular complexity index is 944. The van der Waals surface area contributed by atoms with E-state index in [0.717, 1.165) is 6.26 Å². The van der Waals surface area contributed by atoms with Crippen molar-refractivity contribution in [2.24, 2.45) is 5.92 Å². The number of phenols is 1. The van der Waals surface area contributed by atoms with E-state index in [0.29, 0.717) is 0 Å². The molecule has 0 bridgehead atoms. The van der Waals surface area contributed by atoms with Crippen LogP contribution in [0.5, 0.6) is 5.75 Å². The van der Waals surface area contributed by atoms with Crippen LogP contribution in [0.2, 0.25) is 0 Å². The number of benzene rings is 1. The maximum Gasteiger partial charge on any atom is 0.338 e. The Hall–Kier alpha value is -2.55. The van der Waals surface area contributed by atoms with Crippen molar-refractivity contribution in [3.8, 4) is 5.75 Å². The Kier molecular flexibility index (Phi) is 6.94. The predicted molar refractivity (Wildman–Crippen MR) is 110 cm³/mol. The molecule has 0 saturated carbocycles. The second-order valence-electron chi connectivity index (χ2n) is 8.28. The molecule has 3 aliphatic rings. The Morgan fingerprint density at radius 1 is 1.03 bits per heavy atom. The van der Waals surface area contributed by atoms with Gasteiger partial charge in [0.2, 0.25) is 6.29 Å². The van der Waals surface area contributed by atoms with Crippen molar-refractivity contribution < 1.29 is 59.5 Å². The normalized spacial score (nSPS) is 39.2. The first kappa shape index (κ1) is 24.6. The second kappa shape index (κ2) is 9.60. The Morgan fingerprint density at radius 3 is 2.38 bits per heavy atom. The molecule has 0 amide bonds. The highest BCUT2D eigenvalue weighted by Crippen LogP contribution is 2.45. The van der Waals surface area contributed by atoms with Crippen molar-refractivity contribution in [1.82, 2.24) is 0 Å². The van der Waals surface area contributed by atoms with Gasteiger partial charge in [0.05, 0.1) is 31.0 Å². The van der Waals surface area contributed by atoms with E-state index in [1.165, 1.54) is 36.4 Å². The minimum Gasteiger partial charge on any atom is -0.508 e. The van der Waals surface area contributed by atoms with Crippen molar-refractivity contribution in [1.29, 1.82) is 0 Å². The van der Waals surface area contributed by atoms with Crippen molar-refractivity contribution in [3.05, 3.63) is 53.8 Å². The second-order valence-corrected chi connectivity index (χ2v) is 8.28. The summed E-state index contributed by atoms with van der Waals surface area (Å²) < 4.78 is 21.9. The van der Waals surface area contributed by atoms with Gasteiger partial charge in [0.1, 0.15) is 35.8 Å². The SMILES string of the molecule is O=C(O[C@H]1C=C(CO)[C@H]2[C@H](O[C@@H]3O[C@H](CO)[C@@H](O)[C@H](O)[C@H]3O)OC=C[C@@]12O)c1ccc(O)cc1. The zero-order valence-electron chi connectivity index (χ0n) is 17.7. The molecule has 2 aliphatic heterocycles. The van der Waals surface area contributed by atoms with Crippen LogP contribution in [-0.2, 0) is 18.9 Å². The number of rotatable bonds is 6. The number of carbonyl (C=O) groups excluding carboxylic acids is 1. The molecule has 1 fully saturated rings. The van der Waals surface area contributed by atoms with Crippen molar-refractivity contribution >= 4 is 5.97 Å². The summed E-state index contributed by atoms with van der Waals surface area (Å²) in [6.07, 6.45) is -6.71. The average molecular weight is 482 g/mol. The van der Waals surface area contributed by atoms with Crippen LogP contribution in [0.1, 0.15) is 10.4 Å². The Morgan fingerprint density at radius 2 is 1.74 bits per heavy atom. The first-order chi connectivity index (χ1) is 16.2. The standard InChI is InChI=1S/C22H26O12/c23-8-11-7-14(33-19(29)10-1-3-12(25)4-2-10)22(30)5-6-31-20(15(11)22)34-21-18(28)17(27)16(26)13(9-24)32-21/h1-7,13-18,20-21,23-28,30H,8-9H2/t13-,14+,15+,16-,17+,18-,20+,21+,22-/m1/s1. The van der Waals surface area contributed by atoms with E-state index in [1.807, 2.05) is 0 Å². The van der Waals surface area contributed by atoms with E-state index in [2.05, 4.69) is 0 Å². The molecule has 1 aliphatic carbocycles. The van der Waals surface area contributed by atoms with Crippen LogP contribution >= 0.6 is 0 Å². The predicted octanol–water partition coefficient (Wildman–Crippen LogP) is -2.12. The lowest BCUT2D eigenvalue weighted by Crippen LogP contribution is -2.61. The third-order valence-electron chi connectivity index (χ3n) is 6.18. The molecule has 0 radical (unpaired) electrons. The molecule has 1 aromatic carbocycles. The molecule has 1 aromatic rings. The van der Waals surface area contributed by atoms with Gasteiger partial charge >= 0.3 is 5.97 Å². The highest BCUT2D eigenvalue weighted by molar-refractivity contribution is 5.89. The number of aromatic hydroxyl groups is 1. The van der Waals surface area contributed by atoms with Crippen LogP contribution in [0, 0.1) is 5.92 Å². The molecule has 0 aromatic heterocycles. The van der Waals surface area contributed by atoms with Gasteiger partial charge in [-0.2, -0.15) is 0 Å². The van der Waals surface area contributed by atoms with Crippen LogP contribution in [0.15, 0.2) is 48.3 Å². The smallest absolute Gasteiger partial charge is 0.338 e. The van der Waals surface area contributed by atoms with Crippen LogP contribution in [0.25, 0.3) is 0 Å². The average Bonchev–Trinajstić information content (AvgIpc) is 3.11. The van der Waals surface area contributed by atoms with E-state index in [9.17, 15) is 40.5 Å². The quantitative estimate of drug-likeness (QED) is 0.172. The van der Waals surface area contributed by atoms with Gasteiger partial charge in [-0.15, -0.1) is 0 Å². The molecule has 9 atom stereocenters. The summed E-state index contributed by atoms with van der Waals surface area (Å²) >= 11 is 0. The van der Waals surface area contributed by atoms with Gasteiger partial charge in [0.15, 0.2) is 12.4 Å². The zero-order valence-corrected chi connectivity index (χ0v) is 17.7. The summed E-state index contributed by atoms with van der Waals surface area (Å²) in [6, 6.07) is 5.29. The third kappa shape index (κ3) is 4.30. The molecule has 12 nitrogen and oxygen atoms in total. The Balaban J connectivity index is 1.54. The van der Waals surface area contributed by atoms with Crippen LogP contribution in [-0.4, -0.2) is 104 Å². The Labute approximate surface area is 193 Å². The molecule has 1 saturated heterocycles. The number of fused-ring (bicyclic) bond motifs is 1. The summed E-state index contributed by atoms with van der Waals surface area (Å²) in [7, 11) is 0. The molecule has 186 valence electrons. The molecule has 34 heavy (non-hydrogen) atoms.